The number of nitrogens with zero attached hydrogens (tertiary/aromatic N) is 4. The molecule has 5 nitrogen and oxygen atoms in total. The molecular weight excluding hydrogens is 324 g/mol. The molecule has 5 heteroatoms. The van der Waals surface area contributed by atoms with Crippen molar-refractivity contribution in [2.24, 2.45) is 5.41 Å². The van der Waals surface area contributed by atoms with E-state index in [2.05, 4.69) is 45.7 Å². The number of hydrogen-bond donors (Lipinski definition) is 0. The average Bonchev–Trinajstić information content (AvgIpc) is 3.20. The van der Waals surface area contributed by atoms with Crippen molar-refractivity contribution in [3.05, 3.63) is 66.5 Å². The molecular formula is C21H24N4O. The van der Waals surface area contributed by atoms with E-state index >= 15 is 0 Å². The van der Waals surface area contributed by atoms with Gasteiger partial charge in [0.1, 0.15) is 0 Å². The van der Waals surface area contributed by atoms with Gasteiger partial charge >= 0.3 is 0 Å². The highest BCUT2D eigenvalue weighted by Gasteiger charge is 2.57. The third-order valence-electron chi connectivity index (χ3n) is 5.69. The lowest BCUT2D eigenvalue weighted by Crippen LogP contribution is -2.39. The molecule has 2 aromatic rings. The fraction of sp³-hybridized carbons (Fsp3) is 0.381. The Morgan fingerprint density at radius 2 is 2.00 bits per heavy atom. The summed E-state index contributed by atoms with van der Waals surface area (Å²) in [6.45, 7) is 8.62. The van der Waals surface area contributed by atoms with Gasteiger partial charge in [0.2, 0.25) is 11.9 Å². The summed E-state index contributed by atoms with van der Waals surface area (Å²) in [5.41, 5.74) is 1.85. The lowest BCUT2D eigenvalue weighted by atomic mass is 9.73. The summed E-state index contributed by atoms with van der Waals surface area (Å²) in [5.74, 6) is 1.10. The van der Waals surface area contributed by atoms with Crippen molar-refractivity contribution in [3.8, 4) is 0 Å². The quantitative estimate of drug-likeness (QED) is 0.797. The maximum absolute atomic E-state index is 13.3. The highest BCUT2D eigenvalue weighted by molar-refractivity contribution is 5.88. The lowest BCUT2D eigenvalue weighted by molar-refractivity contribution is -0.135. The lowest BCUT2D eigenvalue weighted by Gasteiger charge is -2.28. The van der Waals surface area contributed by atoms with Gasteiger partial charge in [-0.3, -0.25) is 4.79 Å². The molecule has 2 atom stereocenters. The van der Waals surface area contributed by atoms with E-state index in [0.717, 1.165) is 25.1 Å². The molecule has 4 rings (SSSR count). The molecule has 1 spiro atoms. The van der Waals surface area contributed by atoms with Crippen LogP contribution in [0.25, 0.3) is 0 Å². The maximum Gasteiger partial charge on any atom is 0.231 e. The van der Waals surface area contributed by atoms with Gasteiger partial charge in [-0.2, -0.15) is 0 Å². The molecule has 0 N–H and O–H groups in total. The van der Waals surface area contributed by atoms with Crippen LogP contribution in [-0.2, 0) is 4.79 Å². The van der Waals surface area contributed by atoms with Crippen molar-refractivity contribution in [1.29, 1.82) is 0 Å². The minimum Gasteiger partial charge on any atom is -0.339 e. The number of carbonyl (C=O) groups is 1. The average molecular weight is 348 g/mol. The summed E-state index contributed by atoms with van der Waals surface area (Å²) < 4.78 is 0. The van der Waals surface area contributed by atoms with Crippen molar-refractivity contribution in [2.75, 3.05) is 31.1 Å². The Balaban J connectivity index is 1.71. The van der Waals surface area contributed by atoms with E-state index in [1.54, 1.807) is 0 Å². The molecule has 1 aromatic heterocycles. The Labute approximate surface area is 154 Å². The Morgan fingerprint density at radius 3 is 2.69 bits per heavy atom. The van der Waals surface area contributed by atoms with Gasteiger partial charge < -0.3 is 9.80 Å². The molecule has 1 aromatic carbocycles. The van der Waals surface area contributed by atoms with Gasteiger partial charge in [0.25, 0.3) is 0 Å². The molecule has 2 aliphatic heterocycles. The molecule has 134 valence electrons. The number of carbonyl (C=O) groups excluding carboxylic acids is 1. The predicted octanol–water partition coefficient (Wildman–Crippen LogP) is 2.79. The van der Waals surface area contributed by atoms with E-state index in [9.17, 15) is 4.79 Å². The van der Waals surface area contributed by atoms with E-state index in [-0.39, 0.29) is 11.8 Å². The zero-order valence-corrected chi connectivity index (χ0v) is 15.1. The molecule has 2 saturated heterocycles. The molecule has 0 aliphatic carbocycles. The van der Waals surface area contributed by atoms with Crippen LogP contribution in [0.5, 0.6) is 0 Å². The van der Waals surface area contributed by atoms with Crippen LogP contribution in [0.3, 0.4) is 0 Å². The largest absolute Gasteiger partial charge is 0.339 e. The first-order chi connectivity index (χ1) is 12.6. The smallest absolute Gasteiger partial charge is 0.231 e. The molecule has 3 heterocycles. The number of hydrogen-bond acceptors (Lipinski definition) is 4. The SMILES string of the molecule is C=CCN1CC[C@]2(CN(c3ncc(C)cn3)C[C@H]2c2ccccc2)C1=O. The van der Waals surface area contributed by atoms with Crippen LogP contribution in [0.2, 0.25) is 0 Å². The Morgan fingerprint density at radius 1 is 1.27 bits per heavy atom. The second-order valence-electron chi connectivity index (χ2n) is 7.35. The molecule has 1 amide bonds. The Hall–Kier alpha value is -2.69. The first kappa shape index (κ1) is 16.8. The number of aromatic nitrogens is 2. The first-order valence-corrected chi connectivity index (χ1v) is 9.13. The number of rotatable bonds is 4. The molecule has 0 unspecified atom stereocenters. The van der Waals surface area contributed by atoms with Crippen molar-refractivity contribution in [3.63, 3.8) is 0 Å². The maximum atomic E-state index is 13.3. The zero-order valence-electron chi connectivity index (χ0n) is 15.1. The minimum absolute atomic E-state index is 0.149. The van der Waals surface area contributed by atoms with E-state index in [1.165, 1.54) is 5.56 Å². The van der Waals surface area contributed by atoms with Crippen molar-refractivity contribution >= 4 is 11.9 Å². The topological polar surface area (TPSA) is 49.3 Å². The summed E-state index contributed by atoms with van der Waals surface area (Å²) >= 11 is 0. The van der Waals surface area contributed by atoms with E-state index in [4.69, 9.17) is 0 Å². The molecule has 0 radical (unpaired) electrons. The normalized spacial score (nSPS) is 25.3. The van der Waals surface area contributed by atoms with Gasteiger partial charge in [-0.15, -0.1) is 6.58 Å². The van der Waals surface area contributed by atoms with Gasteiger partial charge in [0.15, 0.2) is 0 Å². The molecule has 26 heavy (non-hydrogen) atoms. The number of anilines is 1. The molecule has 0 bridgehead atoms. The van der Waals surface area contributed by atoms with Gasteiger partial charge in [0, 0.05) is 44.5 Å². The monoisotopic (exact) mass is 348 g/mol. The summed E-state index contributed by atoms with van der Waals surface area (Å²) in [6.07, 6.45) is 6.35. The number of benzene rings is 1. The summed E-state index contributed by atoms with van der Waals surface area (Å²) in [4.78, 5) is 26.4. The van der Waals surface area contributed by atoms with Crippen LogP contribution in [-0.4, -0.2) is 47.0 Å². The Bertz CT molecular complexity index is 805. The van der Waals surface area contributed by atoms with Crippen LogP contribution in [0.1, 0.15) is 23.5 Å². The summed E-state index contributed by atoms with van der Waals surface area (Å²) in [6, 6.07) is 10.4. The number of amides is 1. The van der Waals surface area contributed by atoms with E-state index in [0.29, 0.717) is 19.0 Å². The number of aryl methyl sites for hydroxylation is 1. The second-order valence-corrected chi connectivity index (χ2v) is 7.35. The number of likely N-dealkylation sites (tertiary alicyclic amines) is 1. The van der Waals surface area contributed by atoms with Crippen molar-refractivity contribution in [2.45, 2.75) is 19.3 Å². The van der Waals surface area contributed by atoms with E-state index in [1.807, 2.05) is 36.4 Å². The van der Waals surface area contributed by atoms with Gasteiger partial charge in [0.05, 0.1) is 5.41 Å². The highest BCUT2D eigenvalue weighted by atomic mass is 16.2. The summed E-state index contributed by atoms with van der Waals surface area (Å²) in [7, 11) is 0. The van der Waals surface area contributed by atoms with Crippen molar-refractivity contribution in [1.82, 2.24) is 14.9 Å². The fourth-order valence-electron chi connectivity index (χ4n) is 4.38. The van der Waals surface area contributed by atoms with Crippen molar-refractivity contribution < 1.29 is 4.79 Å². The fourth-order valence-corrected chi connectivity index (χ4v) is 4.38. The molecule has 0 saturated carbocycles. The minimum atomic E-state index is -0.404. The van der Waals surface area contributed by atoms with Crippen LogP contribution in [0.15, 0.2) is 55.4 Å². The van der Waals surface area contributed by atoms with Crippen LogP contribution >= 0.6 is 0 Å². The Kier molecular flexibility index (Phi) is 4.23. The third-order valence-corrected chi connectivity index (χ3v) is 5.69. The van der Waals surface area contributed by atoms with Gasteiger partial charge in [-0.05, 0) is 24.5 Å². The third kappa shape index (κ3) is 2.68. The molecule has 2 aliphatic rings. The highest BCUT2D eigenvalue weighted by Crippen LogP contribution is 2.50. The van der Waals surface area contributed by atoms with E-state index < -0.39 is 5.41 Å². The van der Waals surface area contributed by atoms with Gasteiger partial charge in [-0.1, -0.05) is 36.4 Å². The van der Waals surface area contributed by atoms with Gasteiger partial charge in [-0.25, -0.2) is 9.97 Å². The predicted molar refractivity (Wildman–Crippen MR) is 102 cm³/mol. The standard InChI is InChI=1S/C21H24N4O/c1-3-10-24-11-9-21(19(24)26)15-25(20-22-12-16(2)13-23-20)14-18(21)17-7-5-4-6-8-17/h3-8,12-13,18H,1,9-11,14-15H2,2H3/t18-,21+/m0/s1. The first-order valence-electron chi connectivity index (χ1n) is 9.13. The second kappa shape index (κ2) is 6.56. The molecule has 2 fully saturated rings. The van der Waals surface area contributed by atoms with Crippen LogP contribution < -0.4 is 4.90 Å². The van der Waals surface area contributed by atoms with Crippen LogP contribution in [0.4, 0.5) is 5.95 Å². The summed E-state index contributed by atoms with van der Waals surface area (Å²) in [5, 5.41) is 0. The van der Waals surface area contributed by atoms with Crippen LogP contribution in [0, 0.1) is 12.3 Å². The zero-order chi connectivity index (χ0) is 18.1.